The van der Waals surface area contributed by atoms with Crippen LogP contribution in [0.1, 0.15) is 0 Å². The summed E-state index contributed by atoms with van der Waals surface area (Å²) in [5.41, 5.74) is 0. The Kier molecular flexibility index (Phi) is 3.05. The second-order valence-electron chi connectivity index (χ2n) is 3.06. The molecule has 4 N–H and O–H groups in total. The van der Waals surface area contributed by atoms with E-state index in [1.165, 1.54) is 0 Å². The van der Waals surface area contributed by atoms with Gasteiger partial charge in [0.15, 0.2) is 9.84 Å². The lowest BCUT2D eigenvalue weighted by Crippen LogP contribution is -2.93. The third-order valence-electron chi connectivity index (χ3n) is 1.96. The number of hydrogen-bond acceptors (Lipinski definition) is 4. The van der Waals surface area contributed by atoms with E-state index < -0.39 is 15.9 Å². The molecule has 0 aromatic rings. The molecule has 12 heavy (non-hydrogen) atoms. The highest BCUT2D eigenvalue weighted by molar-refractivity contribution is 7.91. The van der Waals surface area contributed by atoms with E-state index in [0.29, 0.717) is 6.54 Å². The quantitative estimate of drug-likeness (QED) is 0.441. The molecule has 0 aromatic carbocycles. The normalized spacial score (nSPS) is 33.8. The molecule has 0 unspecified atom stereocenters. The standard InChI is InChI=1S/C6H13NO4S/c8-2-1-7-5-3-12(10,11)4-6(5)9/h5-9H,1-4H2/p+1/t5-,6-/m1/s1. The number of aliphatic hydroxyl groups excluding tert-OH is 2. The van der Waals surface area contributed by atoms with Crippen LogP contribution < -0.4 is 5.32 Å². The highest BCUT2D eigenvalue weighted by Crippen LogP contribution is 2.08. The van der Waals surface area contributed by atoms with Gasteiger partial charge in [-0.2, -0.15) is 0 Å². The predicted molar refractivity (Wildman–Crippen MR) is 42.3 cm³/mol. The molecule has 0 spiro atoms. The molecule has 1 fully saturated rings. The van der Waals surface area contributed by atoms with Crippen LogP contribution in [-0.4, -0.2) is 55.4 Å². The average molecular weight is 196 g/mol. The van der Waals surface area contributed by atoms with Gasteiger partial charge in [0, 0.05) is 0 Å². The van der Waals surface area contributed by atoms with Crippen LogP contribution in [0.5, 0.6) is 0 Å². The van der Waals surface area contributed by atoms with Gasteiger partial charge in [0.2, 0.25) is 0 Å². The minimum Gasteiger partial charge on any atom is -0.391 e. The molecule has 6 heteroatoms. The van der Waals surface area contributed by atoms with Crippen molar-refractivity contribution in [1.82, 2.24) is 0 Å². The van der Waals surface area contributed by atoms with E-state index in [9.17, 15) is 13.5 Å². The third kappa shape index (κ3) is 2.41. The van der Waals surface area contributed by atoms with Crippen LogP contribution in [0.15, 0.2) is 0 Å². The summed E-state index contributed by atoms with van der Waals surface area (Å²) in [6.45, 7) is 0.445. The van der Waals surface area contributed by atoms with Crippen molar-refractivity contribution in [3.63, 3.8) is 0 Å². The Bertz CT molecular complexity index is 238. The van der Waals surface area contributed by atoms with E-state index in [1.54, 1.807) is 5.32 Å². The highest BCUT2D eigenvalue weighted by Gasteiger charge is 2.38. The molecule has 2 atom stereocenters. The molecule has 0 aliphatic carbocycles. The van der Waals surface area contributed by atoms with Gasteiger partial charge in [-0.15, -0.1) is 0 Å². The van der Waals surface area contributed by atoms with Gasteiger partial charge in [0.05, 0.1) is 18.9 Å². The van der Waals surface area contributed by atoms with E-state index in [4.69, 9.17) is 5.11 Å². The van der Waals surface area contributed by atoms with E-state index in [0.717, 1.165) is 0 Å². The summed E-state index contributed by atoms with van der Waals surface area (Å²) in [5.74, 6) is -0.117. The molecule has 72 valence electrons. The van der Waals surface area contributed by atoms with Crippen molar-refractivity contribution in [1.29, 1.82) is 0 Å². The van der Waals surface area contributed by atoms with Gasteiger partial charge in [-0.3, -0.25) is 0 Å². The van der Waals surface area contributed by atoms with Crippen LogP contribution in [0.4, 0.5) is 0 Å². The summed E-state index contributed by atoms with van der Waals surface area (Å²) in [6.07, 6.45) is -0.776. The van der Waals surface area contributed by atoms with Crippen molar-refractivity contribution in [3.8, 4) is 0 Å². The Morgan fingerprint density at radius 1 is 1.42 bits per heavy atom. The molecule has 1 aliphatic rings. The van der Waals surface area contributed by atoms with Gasteiger partial charge in [-0.1, -0.05) is 0 Å². The van der Waals surface area contributed by atoms with Crippen LogP contribution in [0.25, 0.3) is 0 Å². The summed E-state index contributed by atoms with van der Waals surface area (Å²) in [7, 11) is -3.04. The van der Waals surface area contributed by atoms with Gasteiger partial charge < -0.3 is 15.5 Å². The number of rotatable bonds is 3. The first-order valence-corrected chi connectivity index (χ1v) is 5.70. The Balaban J connectivity index is 2.47. The van der Waals surface area contributed by atoms with Gasteiger partial charge in [-0.05, 0) is 0 Å². The predicted octanol–water partition coefficient (Wildman–Crippen LogP) is -3.30. The number of sulfone groups is 1. The second-order valence-corrected chi connectivity index (χ2v) is 5.21. The first-order chi connectivity index (χ1) is 5.55. The van der Waals surface area contributed by atoms with Crippen molar-refractivity contribution in [2.75, 3.05) is 24.7 Å². The summed E-state index contributed by atoms with van der Waals surface area (Å²) < 4.78 is 21.9. The largest absolute Gasteiger partial charge is 0.391 e. The van der Waals surface area contributed by atoms with Crippen LogP contribution in [0.2, 0.25) is 0 Å². The first kappa shape index (κ1) is 9.91. The van der Waals surface area contributed by atoms with E-state index in [1.807, 2.05) is 0 Å². The zero-order valence-electron chi connectivity index (χ0n) is 6.68. The Hall–Kier alpha value is -0.170. The van der Waals surface area contributed by atoms with Crippen molar-refractivity contribution in [3.05, 3.63) is 0 Å². The van der Waals surface area contributed by atoms with Gasteiger partial charge in [-0.25, -0.2) is 8.42 Å². The number of aliphatic hydroxyl groups is 2. The first-order valence-electron chi connectivity index (χ1n) is 3.88. The molecule has 0 aromatic heterocycles. The van der Waals surface area contributed by atoms with E-state index in [-0.39, 0.29) is 24.2 Å². The average Bonchev–Trinajstić information content (AvgIpc) is 2.20. The molecule has 0 radical (unpaired) electrons. The van der Waals surface area contributed by atoms with Crippen LogP contribution in [-0.2, 0) is 9.84 Å². The van der Waals surface area contributed by atoms with Crippen molar-refractivity contribution >= 4 is 9.84 Å². The fourth-order valence-corrected chi connectivity index (χ4v) is 3.22. The Labute approximate surface area is 71.3 Å². The zero-order chi connectivity index (χ0) is 9.19. The summed E-state index contributed by atoms with van der Waals surface area (Å²) in [5, 5.41) is 19.4. The van der Waals surface area contributed by atoms with Crippen molar-refractivity contribution < 1.29 is 23.9 Å². The molecule has 5 nitrogen and oxygen atoms in total. The molecule has 0 bridgehead atoms. The SMILES string of the molecule is O=S1(=O)C[C@@H](O)[C@H]([NH2+]CCO)C1. The molecule has 0 saturated carbocycles. The molecule has 0 amide bonds. The van der Waals surface area contributed by atoms with Crippen molar-refractivity contribution in [2.24, 2.45) is 0 Å². The maximum Gasteiger partial charge on any atom is 0.159 e. The topological polar surface area (TPSA) is 91.2 Å². The van der Waals surface area contributed by atoms with Gasteiger partial charge >= 0.3 is 0 Å². The molecule has 1 saturated heterocycles. The molecule has 1 rings (SSSR count). The number of nitrogens with two attached hydrogens (primary N) is 1. The Morgan fingerprint density at radius 2 is 2.08 bits per heavy atom. The van der Waals surface area contributed by atoms with E-state index >= 15 is 0 Å². The zero-order valence-corrected chi connectivity index (χ0v) is 7.50. The lowest BCUT2D eigenvalue weighted by Gasteiger charge is -2.09. The summed E-state index contributed by atoms with van der Waals surface area (Å²) in [4.78, 5) is 0. The second kappa shape index (κ2) is 3.69. The molecular formula is C6H14NO4S+. The summed E-state index contributed by atoms with van der Waals surface area (Å²) in [6, 6.07) is -0.290. The summed E-state index contributed by atoms with van der Waals surface area (Å²) >= 11 is 0. The smallest absolute Gasteiger partial charge is 0.159 e. The monoisotopic (exact) mass is 196 g/mol. The number of quaternary nitrogens is 1. The molecule has 1 aliphatic heterocycles. The van der Waals surface area contributed by atoms with Crippen LogP contribution >= 0.6 is 0 Å². The minimum absolute atomic E-state index is 0.00324. The Morgan fingerprint density at radius 3 is 2.50 bits per heavy atom. The fraction of sp³-hybridized carbons (Fsp3) is 1.00. The third-order valence-corrected chi connectivity index (χ3v) is 3.71. The van der Waals surface area contributed by atoms with Crippen LogP contribution in [0.3, 0.4) is 0 Å². The van der Waals surface area contributed by atoms with Crippen LogP contribution in [0, 0.1) is 0 Å². The van der Waals surface area contributed by atoms with Gasteiger partial charge in [0.1, 0.15) is 17.9 Å². The fourth-order valence-electron chi connectivity index (χ4n) is 1.37. The van der Waals surface area contributed by atoms with E-state index in [2.05, 4.69) is 0 Å². The van der Waals surface area contributed by atoms with Gasteiger partial charge in [0.25, 0.3) is 0 Å². The lowest BCUT2D eigenvalue weighted by atomic mass is 10.2. The molecular weight excluding hydrogens is 182 g/mol. The minimum atomic E-state index is -3.04. The molecule has 1 heterocycles. The number of hydrogen-bond donors (Lipinski definition) is 3. The maximum absolute atomic E-state index is 11.0. The maximum atomic E-state index is 11.0. The highest BCUT2D eigenvalue weighted by atomic mass is 32.2. The van der Waals surface area contributed by atoms with Crippen molar-refractivity contribution in [2.45, 2.75) is 12.1 Å². The lowest BCUT2D eigenvalue weighted by molar-refractivity contribution is -0.691.